The number of rotatable bonds is 2. The van der Waals surface area contributed by atoms with Crippen LogP contribution < -0.4 is 0 Å². The van der Waals surface area contributed by atoms with Gasteiger partial charge >= 0.3 is 12.1 Å². The van der Waals surface area contributed by atoms with Crippen LogP contribution in [0.25, 0.3) is 0 Å². The van der Waals surface area contributed by atoms with E-state index in [1.54, 1.807) is 0 Å². The average molecular weight is 271 g/mol. The molecule has 4 nitrogen and oxygen atoms in total. The molecule has 1 rings (SSSR count). The van der Waals surface area contributed by atoms with Gasteiger partial charge in [-0.1, -0.05) is 0 Å². The number of pyridine rings is 1. The van der Waals surface area contributed by atoms with Gasteiger partial charge in [-0.05, 0) is 6.07 Å². The molecule has 0 saturated heterocycles. The second kappa shape index (κ2) is 4.75. The highest BCUT2D eigenvalue weighted by molar-refractivity contribution is 5.91. The van der Waals surface area contributed by atoms with E-state index < -0.39 is 41.3 Å². The molecule has 1 N–H and O–H groups in total. The standard InChI is InChI=1S/C9H6F5NO3/c1-18-8(17)3-2-4(16)6(9(12,13)14)15-5(3)7(10)11/h2,7,16H,1H3. The number of esters is 1. The van der Waals surface area contributed by atoms with Crippen molar-refractivity contribution >= 4 is 5.97 Å². The normalized spacial score (nSPS) is 11.7. The number of aromatic nitrogens is 1. The van der Waals surface area contributed by atoms with E-state index in [2.05, 4.69) is 9.72 Å². The first-order valence-corrected chi connectivity index (χ1v) is 4.36. The van der Waals surface area contributed by atoms with E-state index in [0.29, 0.717) is 0 Å². The first kappa shape index (κ1) is 14.1. The van der Waals surface area contributed by atoms with Crippen LogP contribution >= 0.6 is 0 Å². The first-order valence-electron chi connectivity index (χ1n) is 4.36. The lowest BCUT2D eigenvalue weighted by Gasteiger charge is -2.12. The second-order valence-electron chi connectivity index (χ2n) is 3.08. The Balaban J connectivity index is 3.49. The fourth-order valence-corrected chi connectivity index (χ4v) is 1.17. The molecule has 0 bridgehead atoms. The summed E-state index contributed by atoms with van der Waals surface area (Å²) in [5.74, 6) is -2.74. The Bertz CT molecular complexity index is 472. The Kier molecular flexibility index (Phi) is 3.73. The molecule has 1 heterocycles. The molecule has 0 aliphatic heterocycles. The van der Waals surface area contributed by atoms with Crippen LogP contribution in [0.15, 0.2) is 6.07 Å². The number of hydrogen-bond acceptors (Lipinski definition) is 4. The van der Waals surface area contributed by atoms with E-state index in [1.807, 2.05) is 0 Å². The van der Waals surface area contributed by atoms with Crippen molar-refractivity contribution in [2.75, 3.05) is 7.11 Å². The molecule has 0 aliphatic carbocycles. The summed E-state index contributed by atoms with van der Waals surface area (Å²) < 4.78 is 66.1. The van der Waals surface area contributed by atoms with Crippen LogP contribution in [0.1, 0.15) is 28.2 Å². The number of hydrogen-bond donors (Lipinski definition) is 1. The van der Waals surface area contributed by atoms with Gasteiger partial charge in [0, 0.05) is 0 Å². The van der Waals surface area contributed by atoms with Gasteiger partial charge in [-0.25, -0.2) is 18.6 Å². The van der Waals surface area contributed by atoms with Gasteiger partial charge in [-0.3, -0.25) is 0 Å². The predicted molar refractivity (Wildman–Crippen MR) is 47.2 cm³/mol. The number of nitrogens with zero attached hydrogens (tertiary/aromatic N) is 1. The number of carbonyl (C=O) groups is 1. The molecule has 100 valence electrons. The smallest absolute Gasteiger partial charge is 0.437 e. The van der Waals surface area contributed by atoms with Crippen molar-refractivity contribution in [3.05, 3.63) is 23.0 Å². The summed E-state index contributed by atoms with van der Waals surface area (Å²) in [5, 5.41) is 9.04. The molecule has 0 atom stereocenters. The van der Waals surface area contributed by atoms with Crippen molar-refractivity contribution in [2.45, 2.75) is 12.6 Å². The van der Waals surface area contributed by atoms with Crippen molar-refractivity contribution in [2.24, 2.45) is 0 Å². The van der Waals surface area contributed by atoms with Crippen LogP contribution in [0.5, 0.6) is 5.75 Å². The highest BCUT2D eigenvalue weighted by Crippen LogP contribution is 2.37. The molecule has 0 fully saturated rings. The molecule has 1 aromatic rings. The topological polar surface area (TPSA) is 59.4 Å². The Morgan fingerprint density at radius 2 is 2.00 bits per heavy atom. The SMILES string of the molecule is COC(=O)c1cc(O)c(C(F)(F)F)nc1C(F)F. The number of aromatic hydroxyl groups is 1. The van der Waals surface area contributed by atoms with E-state index in [1.165, 1.54) is 0 Å². The van der Waals surface area contributed by atoms with Crippen molar-refractivity contribution < 1.29 is 36.6 Å². The van der Waals surface area contributed by atoms with Crippen molar-refractivity contribution in [3.63, 3.8) is 0 Å². The third-order valence-electron chi connectivity index (χ3n) is 1.91. The molecule has 0 unspecified atom stereocenters. The highest BCUT2D eigenvalue weighted by atomic mass is 19.4. The largest absolute Gasteiger partial charge is 0.506 e. The van der Waals surface area contributed by atoms with Crippen molar-refractivity contribution in [1.29, 1.82) is 0 Å². The van der Waals surface area contributed by atoms with Crippen LogP contribution in [-0.4, -0.2) is 23.2 Å². The van der Waals surface area contributed by atoms with E-state index in [-0.39, 0.29) is 6.07 Å². The summed E-state index contributed by atoms with van der Waals surface area (Å²) in [4.78, 5) is 13.7. The summed E-state index contributed by atoms with van der Waals surface area (Å²) >= 11 is 0. The summed E-state index contributed by atoms with van der Waals surface area (Å²) in [5.41, 5.74) is -4.20. The van der Waals surface area contributed by atoms with Crippen LogP contribution in [0.2, 0.25) is 0 Å². The summed E-state index contributed by atoms with van der Waals surface area (Å²) in [6.45, 7) is 0. The zero-order valence-electron chi connectivity index (χ0n) is 8.76. The van der Waals surface area contributed by atoms with Crippen molar-refractivity contribution in [1.82, 2.24) is 4.98 Å². The predicted octanol–water partition coefficient (Wildman–Crippen LogP) is 2.53. The molecule has 0 radical (unpaired) electrons. The third-order valence-corrected chi connectivity index (χ3v) is 1.91. The molecule has 1 aromatic heterocycles. The Hall–Kier alpha value is -1.93. The van der Waals surface area contributed by atoms with Gasteiger partial charge in [0.2, 0.25) is 0 Å². The lowest BCUT2D eigenvalue weighted by Crippen LogP contribution is -2.15. The van der Waals surface area contributed by atoms with Crippen LogP contribution in [0.3, 0.4) is 0 Å². The molecule has 0 saturated carbocycles. The molecule has 0 amide bonds. The van der Waals surface area contributed by atoms with Gasteiger partial charge in [0.25, 0.3) is 6.43 Å². The number of ether oxygens (including phenoxy) is 1. The van der Waals surface area contributed by atoms with Crippen LogP contribution in [0.4, 0.5) is 22.0 Å². The molecule has 0 aromatic carbocycles. The maximum absolute atomic E-state index is 12.5. The Morgan fingerprint density at radius 1 is 1.44 bits per heavy atom. The van der Waals surface area contributed by atoms with Gasteiger partial charge in [-0.2, -0.15) is 13.2 Å². The van der Waals surface area contributed by atoms with Gasteiger partial charge in [0.05, 0.1) is 12.7 Å². The zero-order chi connectivity index (χ0) is 14.1. The van der Waals surface area contributed by atoms with Gasteiger partial charge in [0.1, 0.15) is 11.4 Å². The first-order chi connectivity index (χ1) is 8.18. The minimum atomic E-state index is -5.11. The second-order valence-corrected chi connectivity index (χ2v) is 3.08. The fourth-order valence-electron chi connectivity index (χ4n) is 1.17. The van der Waals surface area contributed by atoms with Gasteiger partial charge in [-0.15, -0.1) is 0 Å². The summed E-state index contributed by atoms with van der Waals surface area (Å²) in [6, 6.07) is 0.253. The highest BCUT2D eigenvalue weighted by Gasteiger charge is 2.38. The third kappa shape index (κ3) is 2.66. The maximum atomic E-state index is 12.5. The molecule has 0 aliphatic rings. The fraction of sp³-hybridized carbons (Fsp3) is 0.333. The van der Waals surface area contributed by atoms with Gasteiger partial charge < -0.3 is 9.84 Å². The summed E-state index contributed by atoms with van der Waals surface area (Å²) in [7, 11) is 0.853. The van der Waals surface area contributed by atoms with Crippen LogP contribution in [0, 0.1) is 0 Å². The number of methoxy groups -OCH3 is 1. The quantitative estimate of drug-likeness (QED) is 0.663. The molecule has 18 heavy (non-hydrogen) atoms. The van der Waals surface area contributed by atoms with E-state index in [4.69, 9.17) is 5.11 Å². The van der Waals surface area contributed by atoms with Crippen LogP contribution in [-0.2, 0) is 10.9 Å². The minimum absolute atomic E-state index is 0.253. The maximum Gasteiger partial charge on any atom is 0.437 e. The lowest BCUT2D eigenvalue weighted by molar-refractivity contribution is -0.142. The van der Waals surface area contributed by atoms with Gasteiger partial charge in [0.15, 0.2) is 5.69 Å². The van der Waals surface area contributed by atoms with E-state index >= 15 is 0 Å². The number of halogens is 5. The average Bonchev–Trinajstić information content (AvgIpc) is 2.25. The molecular formula is C9H6F5NO3. The summed E-state index contributed by atoms with van der Waals surface area (Å²) in [6.07, 6.45) is -8.52. The number of carbonyl (C=O) groups excluding carboxylic acids is 1. The zero-order valence-corrected chi connectivity index (χ0v) is 8.76. The lowest BCUT2D eigenvalue weighted by atomic mass is 10.1. The number of alkyl halides is 5. The Morgan fingerprint density at radius 3 is 2.39 bits per heavy atom. The monoisotopic (exact) mass is 271 g/mol. The van der Waals surface area contributed by atoms with Crippen molar-refractivity contribution in [3.8, 4) is 5.75 Å². The minimum Gasteiger partial charge on any atom is -0.506 e. The molecule has 9 heteroatoms. The Labute approximate surface area is 97.0 Å². The van der Waals surface area contributed by atoms with E-state index in [0.717, 1.165) is 7.11 Å². The van der Waals surface area contributed by atoms with E-state index in [9.17, 15) is 26.7 Å². The molecular weight excluding hydrogens is 265 g/mol. The molecule has 0 spiro atoms.